The van der Waals surface area contributed by atoms with Gasteiger partial charge in [-0.05, 0) is 40.8 Å². The highest BCUT2D eigenvalue weighted by Gasteiger charge is 2.05. The molecule has 2 heteroatoms. The summed E-state index contributed by atoms with van der Waals surface area (Å²) in [4.78, 5) is 0. The Balaban J connectivity index is 2.51. The Labute approximate surface area is 107 Å². The van der Waals surface area contributed by atoms with Gasteiger partial charge < -0.3 is 5.73 Å². The molecule has 0 fully saturated rings. The summed E-state index contributed by atoms with van der Waals surface area (Å²) in [7, 11) is 0. The van der Waals surface area contributed by atoms with E-state index in [1.54, 1.807) is 0 Å². The topological polar surface area (TPSA) is 26.0 Å². The van der Waals surface area contributed by atoms with E-state index in [0.29, 0.717) is 6.54 Å². The van der Waals surface area contributed by atoms with Gasteiger partial charge in [-0.25, -0.2) is 0 Å². The minimum Gasteiger partial charge on any atom is -0.326 e. The van der Waals surface area contributed by atoms with E-state index in [4.69, 9.17) is 17.3 Å². The Morgan fingerprint density at radius 3 is 2.65 bits per heavy atom. The average molecular weight is 246 g/mol. The van der Waals surface area contributed by atoms with Crippen molar-refractivity contribution in [3.05, 3.63) is 58.6 Å². The lowest BCUT2D eigenvalue weighted by molar-refractivity contribution is 1.07. The van der Waals surface area contributed by atoms with Crippen molar-refractivity contribution in [3.63, 3.8) is 0 Å². The lowest BCUT2D eigenvalue weighted by atomic mass is 9.97. The first-order valence-corrected chi connectivity index (χ1v) is 6.20. The fourth-order valence-corrected chi connectivity index (χ4v) is 2.17. The summed E-state index contributed by atoms with van der Waals surface area (Å²) in [5, 5.41) is 0.737. The first kappa shape index (κ1) is 12.2. The molecule has 0 saturated heterocycles. The molecule has 88 valence electrons. The van der Waals surface area contributed by atoms with Crippen molar-refractivity contribution in [2.24, 2.45) is 5.73 Å². The number of hydrogen-bond donors (Lipinski definition) is 1. The molecule has 0 radical (unpaired) electrons. The second-order valence-corrected chi connectivity index (χ2v) is 4.50. The molecular weight excluding hydrogens is 230 g/mol. The zero-order valence-electron chi connectivity index (χ0n) is 9.91. The van der Waals surface area contributed by atoms with Crippen LogP contribution in [0.1, 0.15) is 18.1 Å². The number of halogens is 1. The molecule has 2 rings (SSSR count). The van der Waals surface area contributed by atoms with Gasteiger partial charge in [0.25, 0.3) is 0 Å². The van der Waals surface area contributed by atoms with E-state index in [1.807, 2.05) is 18.2 Å². The van der Waals surface area contributed by atoms with Crippen LogP contribution < -0.4 is 5.73 Å². The molecule has 1 nitrogen and oxygen atoms in total. The van der Waals surface area contributed by atoms with Gasteiger partial charge in [-0.15, -0.1) is 0 Å². The van der Waals surface area contributed by atoms with Crippen LogP contribution in [0, 0.1) is 0 Å². The van der Waals surface area contributed by atoms with Gasteiger partial charge in [-0.3, -0.25) is 0 Å². The molecule has 0 aliphatic heterocycles. The fraction of sp³-hybridized carbons (Fsp3) is 0.200. The molecule has 0 aromatic heterocycles. The van der Waals surface area contributed by atoms with Gasteiger partial charge in [0, 0.05) is 11.6 Å². The third-order valence-corrected chi connectivity index (χ3v) is 3.17. The van der Waals surface area contributed by atoms with Gasteiger partial charge in [0.1, 0.15) is 0 Å². The summed E-state index contributed by atoms with van der Waals surface area (Å²) >= 11 is 5.99. The summed E-state index contributed by atoms with van der Waals surface area (Å²) in [5.41, 5.74) is 10.6. The molecule has 2 aromatic rings. The normalized spacial score (nSPS) is 10.5. The molecule has 2 N–H and O–H groups in total. The van der Waals surface area contributed by atoms with Crippen LogP contribution in [0.4, 0.5) is 0 Å². The van der Waals surface area contributed by atoms with Crippen molar-refractivity contribution < 1.29 is 0 Å². The lowest BCUT2D eigenvalue weighted by Gasteiger charge is -2.09. The van der Waals surface area contributed by atoms with Crippen LogP contribution in [0.5, 0.6) is 0 Å². The van der Waals surface area contributed by atoms with Crippen molar-refractivity contribution in [2.75, 3.05) is 0 Å². The molecule has 0 heterocycles. The largest absolute Gasteiger partial charge is 0.326 e. The van der Waals surface area contributed by atoms with E-state index in [-0.39, 0.29) is 0 Å². The maximum atomic E-state index is 5.99. The zero-order valence-corrected chi connectivity index (χ0v) is 10.7. The molecule has 0 atom stereocenters. The van der Waals surface area contributed by atoms with Crippen LogP contribution in [0.25, 0.3) is 11.1 Å². The van der Waals surface area contributed by atoms with Crippen molar-refractivity contribution in [2.45, 2.75) is 19.9 Å². The summed E-state index contributed by atoms with van der Waals surface area (Å²) in [6.07, 6.45) is 1.04. The summed E-state index contributed by atoms with van der Waals surface area (Å²) in [6, 6.07) is 14.4. The summed E-state index contributed by atoms with van der Waals surface area (Å²) in [6.45, 7) is 2.66. The Morgan fingerprint density at radius 1 is 1.12 bits per heavy atom. The van der Waals surface area contributed by atoms with Gasteiger partial charge in [-0.1, -0.05) is 48.9 Å². The van der Waals surface area contributed by atoms with Crippen LogP contribution in [-0.4, -0.2) is 0 Å². The van der Waals surface area contributed by atoms with Crippen LogP contribution in [0.3, 0.4) is 0 Å². The second-order valence-electron chi connectivity index (χ2n) is 4.06. The molecule has 0 aliphatic carbocycles. The van der Waals surface area contributed by atoms with Crippen LogP contribution in [0.15, 0.2) is 42.5 Å². The number of benzene rings is 2. The van der Waals surface area contributed by atoms with E-state index in [2.05, 4.69) is 31.2 Å². The highest BCUT2D eigenvalue weighted by molar-refractivity contribution is 6.30. The molecule has 2 aromatic carbocycles. The van der Waals surface area contributed by atoms with E-state index in [9.17, 15) is 0 Å². The SMILES string of the molecule is CCc1cccc(-c2ccc(Cl)cc2CN)c1. The zero-order chi connectivity index (χ0) is 12.3. The average Bonchev–Trinajstić information content (AvgIpc) is 2.38. The van der Waals surface area contributed by atoms with Crippen LogP contribution in [0.2, 0.25) is 5.02 Å². The van der Waals surface area contributed by atoms with Gasteiger partial charge in [0.15, 0.2) is 0 Å². The van der Waals surface area contributed by atoms with Crippen molar-refractivity contribution in [1.82, 2.24) is 0 Å². The Hall–Kier alpha value is -1.31. The lowest BCUT2D eigenvalue weighted by Crippen LogP contribution is -1.99. The second kappa shape index (κ2) is 5.35. The fourth-order valence-electron chi connectivity index (χ4n) is 1.97. The first-order valence-electron chi connectivity index (χ1n) is 5.82. The molecule has 17 heavy (non-hydrogen) atoms. The maximum Gasteiger partial charge on any atom is 0.0409 e. The number of aryl methyl sites for hydroxylation is 1. The Kier molecular flexibility index (Phi) is 3.82. The van der Waals surface area contributed by atoms with Crippen molar-refractivity contribution in [3.8, 4) is 11.1 Å². The number of nitrogens with two attached hydrogens (primary N) is 1. The Morgan fingerprint density at radius 2 is 1.94 bits per heavy atom. The maximum absolute atomic E-state index is 5.99. The molecule has 0 bridgehead atoms. The molecular formula is C15H16ClN. The smallest absolute Gasteiger partial charge is 0.0409 e. The van der Waals surface area contributed by atoms with E-state index in [0.717, 1.165) is 17.0 Å². The molecule has 0 amide bonds. The number of rotatable bonds is 3. The first-order chi connectivity index (χ1) is 8.24. The van der Waals surface area contributed by atoms with E-state index in [1.165, 1.54) is 16.7 Å². The number of hydrogen-bond acceptors (Lipinski definition) is 1. The quantitative estimate of drug-likeness (QED) is 0.868. The van der Waals surface area contributed by atoms with Gasteiger partial charge >= 0.3 is 0 Å². The predicted molar refractivity (Wildman–Crippen MR) is 74.2 cm³/mol. The molecule has 0 unspecified atom stereocenters. The monoisotopic (exact) mass is 245 g/mol. The van der Waals surface area contributed by atoms with Crippen molar-refractivity contribution >= 4 is 11.6 Å². The third kappa shape index (κ3) is 2.68. The standard InChI is InChI=1S/C15H16ClN/c1-2-11-4-3-5-12(8-11)15-7-6-14(16)9-13(15)10-17/h3-9H,2,10,17H2,1H3. The minimum atomic E-state index is 0.506. The minimum absolute atomic E-state index is 0.506. The van der Waals surface area contributed by atoms with E-state index >= 15 is 0 Å². The van der Waals surface area contributed by atoms with Gasteiger partial charge in [0.2, 0.25) is 0 Å². The predicted octanol–water partition coefficient (Wildman–Crippen LogP) is 4.03. The highest BCUT2D eigenvalue weighted by Crippen LogP contribution is 2.27. The Bertz CT molecular complexity index is 520. The van der Waals surface area contributed by atoms with Gasteiger partial charge in [0.05, 0.1) is 0 Å². The van der Waals surface area contributed by atoms with Crippen LogP contribution >= 0.6 is 11.6 Å². The van der Waals surface area contributed by atoms with Crippen LogP contribution in [-0.2, 0) is 13.0 Å². The third-order valence-electron chi connectivity index (χ3n) is 2.93. The molecule has 0 spiro atoms. The van der Waals surface area contributed by atoms with Crippen molar-refractivity contribution in [1.29, 1.82) is 0 Å². The molecule has 0 saturated carbocycles. The summed E-state index contributed by atoms with van der Waals surface area (Å²) in [5.74, 6) is 0. The summed E-state index contributed by atoms with van der Waals surface area (Å²) < 4.78 is 0. The van der Waals surface area contributed by atoms with Gasteiger partial charge in [-0.2, -0.15) is 0 Å². The highest BCUT2D eigenvalue weighted by atomic mass is 35.5. The van der Waals surface area contributed by atoms with E-state index < -0.39 is 0 Å². The molecule has 0 aliphatic rings.